The number of hydrogen-bond donors (Lipinski definition) is 2. The number of hydrogen-bond acceptors (Lipinski definition) is 4. The zero-order chi connectivity index (χ0) is 20.1. The third-order valence-electron chi connectivity index (χ3n) is 6.66. The topological polar surface area (TPSA) is 72.9 Å². The van der Waals surface area contributed by atoms with Gasteiger partial charge in [-0.05, 0) is 49.1 Å². The molecule has 3 rings (SSSR count). The fourth-order valence-electron chi connectivity index (χ4n) is 4.98. The molecule has 1 saturated heterocycles. The lowest BCUT2D eigenvalue weighted by Gasteiger charge is -2.27. The molecule has 0 radical (unpaired) electrons. The van der Waals surface area contributed by atoms with Crippen LogP contribution in [0.4, 0.5) is 4.79 Å². The normalized spacial score (nSPS) is 26.6. The molecule has 1 saturated carbocycles. The minimum Gasteiger partial charge on any atom is -0.465 e. The monoisotopic (exact) mass is 387 g/mol. The van der Waals surface area contributed by atoms with Crippen LogP contribution in [0.1, 0.15) is 31.7 Å². The Bertz CT molecular complexity index is 654. The van der Waals surface area contributed by atoms with Crippen LogP contribution in [-0.2, 0) is 11.3 Å². The van der Waals surface area contributed by atoms with Crippen LogP contribution < -0.4 is 5.32 Å². The Kier molecular flexibility index (Phi) is 7.08. The molecular formula is C22H33N3O3. The average molecular weight is 388 g/mol. The first-order valence-electron chi connectivity index (χ1n) is 10.4. The van der Waals surface area contributed by atoms with Crippen LogP contribution in [0.15, 0.2) is 30.3 Å². The van der Waals surface area contributed by atoms with Crippen molar-refractivity contribution in [2.24, 2.45) is 17.8 Å². The summed E-state index contributed by atoms with van der Waals surface area (Å²) >= 11 is 0. The highest BCUT2D eigenvalue weighted by Crippen LogP contribution is 2.38. The number of fused-ring (bicyclic) bond motifs is 1. The Labute approximate surface area is 167 Å². The average Bonchev–Trinajstić information content (AvgIpc) is 3.24. The molecule has 0 unspecified atom stereocenters. The van der Waals surface area contributed by atoms with Crippen molar-refractivity contribution in [2.75, 3.05) is 26.7 Å². The van der Waals surface area contributed by atoms with Gasteiger partial charge >= 0.3 is 6.09 Å². The third-order valence-corrected chi connectivity index (χ3v) is 6.66. The summed E-state index contributed by atoms with van der Waals surface area (Å²) in [6.07, 6.45) is 2.99. The fraction of sp³-hybridized carbons (Fsp3) is 0.636. The fourth-order valence-corrected chi connectivity index (χ4v) is 4.98. The molecule has 5 atom stereocenters. The highest BCUT2D eigenvalue weighted by Gasteiger charge is 2.42. The summed E-state index contributed by atoms with van der Waals surface area (Å²) in [6.45, 7) is 6.14. The quantitative estimate of drug-likeness (QED) is 0.638. The lowest BCUT2D eigenvalue weighted by atomic mass is 9.96. The number of carbonyl (C=O) groups excluding carboxylic acids is 1. The van der Waals surface area contributed by atoms with E-state index in [2.05, 4.69) is 40.5 Å². The Hall–Kier alpha value is -1.92. The van der Waals surface area contributed by atoms with Gasteiger partial charge in [-0.2, -0.15) is 0 Å². The number of aldehydes is 1. The summed E-state index contributed by atoms with van der Waals surface area (Å²) in [6, 6.07) is 10.6. The second-order valence-corrected chi connectivity index (χ2v) is 8.53. The van der Waals surface area contributed by atoms with Crippen molar-refractivity contribution in [1.82, 2.24) is 15.1 Å². The molecule has 154 valence electrons. The van der Waals surface area contributed by atoms with Crippen LogP contribution >= 0.6 is 0 Å². The number of rotatable bonds is 9. The summed E-state index contributed by atoms with van der Waals surface area (Å²) < 4.78 is 0. The second kappa shape index (κ2) is 9.52. The van der Waals surface area contributed by atoms with Crippen LogP contribution in [0.2, 0.25) is 0 Å². The number of carbonyl (C=O) groups is 2. The van der Waals surface area contributed by atoms with Crippen LogP contribution in [0.5, 0.6) is 0 Å². The third kappa shape index (κ3) is 4.92. The first-order valence-corrected chi connectivity index (χ1v) is 10.4. The molecule has 0 aromatic heterocycles. The van der Waals surface area contributed by atoms with E-state index in [1.54, 1.807) is 0 Å². The SMILES string of the molecule is C[C@@H](CCN[C@@H]1CC[C@H]2CN(Cc3ccccc3)C[C@H]21)[C@@H](C=O)N(C)C(=O)O. The minimum atomic E-state index is -1.06. The van der Waals surface area contributed by atoms with Crippen molar-refractivity contribution in [3.05, 3.63) is 35.9 Å². The van der Waals surface area contributed by atoms with Crippen molar-refractivity contribution < 1.29 is 14.7 Å². The predicted molar refractivity (Wildman–Crippen MR) is 109 cm³/mol. The number of amides is 1. The second-order valence-electron chi connectivity index (χ2n) is 8.53. The molecule has 0 bridgehead atoms. The van der Waals surface area contributed by atoms with E-state index < -0.39 is 12.1 Å². The van der Waals surface area contributed by atoms with Gasteiger partial charge in [-0.1, -0.05) is 37.3 Å². The van der Waals surface area contributed by atoms with Gasteiger partial charge in [-0.3, -0.25) is 4.90 Å². The summed E-state index contributed by atoms with van der Waals surface area (Å²) in [4.78, 5) is 26.1. The van der Waals surface area contributed by atoms with Crippen molar-refractivity contribution in [2.45, 2.75) is 44.8 Å². The van der Waals surface area contributed by atoms with E-state index in [9.17, 15) is 9.59 Å². The van der Waals surface area contributed by atoms with Crippen molar-refractivity contribution in [3.63, 3.8) is 0 Å². The van der Waals surface area contributed by atoms with Crippen LogP contribution in [0, 0.1) is 17.8 Å². The molecule has 6 heteroatoms. The van der Waals surface area contributed by atoms with Crippen LogP contribution in [-0.4, -0.2) is 66.1 Å². The Balaban J connectivity index is 1.44. The maximum absolute atomic E-state index is 11.3. The van der Waals surface area contributed by atoms with E-state index in [-0.39, 0.29) is 5.92 Å². The van der Waals surface area contributed by atoms with Gasteiger partial charge in [-0.25, -0.2) is 4.79 Å². The molecule has 2 N–H and O–H groups in total. The summed E-state index contributed by atoms with van der Waals surface area (Å²) in [7, 11) is 1.47. The van der Waals surface area contributed by atoms with Gasteiger partial charge in [0.15, 0.2) is 0 Å². The number of nitrogens with zero attached hydrogens (tertiary/aromatic N) is 2. The van der Waals surface area contributed by atoms with Crippen molar-refractivity contribution in [1.29, 1.82) is 0 Å². The number of likely N-dealkylation sites (N-methyl/N-ethyl adjacent to an activating group) is 1. The highest BCUT2D eigenvalue weighted by atomic mass is 16.4. The lowest BCUT2D eigenvalue weighted by molar-refractivity contribution is -0.113. The molecule has 1 aliphatic heterocycles. The first-order chi connectivity index (χ1) is 13.5. The molecule has 0 spiro atoms. The maximum Gasteiger partial charge on any atom is 0.407 e. The lowest BCUT2D eigenvalue weighted by Crippen LogP contribution is -2.43. The molecule has 1 aliphatic carbocycles. The van der Waals surface area contributed by atoms with Crippen LogP contribution in [0.25, 0.3) is 0 Å². The molecular weight excluding hydrogens is 354 g/mol. The van der Waals surface area contributed by atoms with E-state index in [0.29, 0.717) is 12.0 Å². The van der Waals surface area contributed by atoms with E-state index in [0.717, 1.165) is 43.2 Å². The van der Waals surface area contributed by atoms with Gasteiger partial charge in [0.1, 0.15) is 6.29 Å². The van der Waals surface area contributed by atoms with Gasteiger partial charge in [-0.15, -0.1) is 0 Å². The molecule has 2 fully saturated rings. The molecule has 28 heavy (non-hydrogen) atoms. The van der Waals surface area contributed by atoms with Gasteiger partial charge < -0.3 is 20.1 Å². The maximum atomic E-state index is 11.3. The number of benzene rings is 1. The largest absolute Gasteiger partial charge is 0.465 e. The Morgan fingerprint density at radius 2 is 2.07 bits per heavy atom. The van der Waals surface area contributed by atoms with Gasteiger partial charge in [0, 0.05) is 32.7 Å². The van der Waals surface area contributed by atoms with E-state index in [4.69, 9.17) is 5.11 Å². The Morgan fingerprint density at radius 3 is 2.75 bits per heavy atom. The highest BCUT2D eigenvalue weighted by molar-refractivity contribution is 5.71. The first kappa shape index (κ1) is 20.8. The zero-order valence-corrected chi connectivity index (χ0v) is 17.0. The van der Waals surface area contributed by atoms with E-state index in [1.165, 1.54) is 32.0 Å². The standard InChI is InChI=1S/C22H33N3O3/c1-16(21(15-26)24(2)22(27)28)10-11-23-20-9-8-18-13-25(14-19(18)20)12-17-6-4-3-5-7-17/h3-7,15-16,18-21,23H,8-14H2,1-2H3,(H,27,28)/t16-,18-,19+,20+,21+/m0/s1. The summed E-state index contributed by atoms with van der Waals surface area (Å²) in [5.74, 6) is 1.48. The molecule has 1 heterocycles. The smallest absolute Gasteiger partial charge is 0.407 e. The molecule has 2 aliphatic rings. The number of carboxylic acid groups (broad SMARTS) is 1. The summed E-state index contributed by atoms with van der Waals surface area (Å²) in [5.41, 5.74) is 1.38. The number of likely N-dealkylation sites (tertiary alicyclic amines) is 1. The molecule has 1 amide bonds. The molecule has 6 nitrogen and oxygen atoms in total. The van der Waals surface area contributed by atoms with Gasteiger partial charge in [0.2, 0.25) is 0 Å². The Morgan fingerprint density at radius 1 is 1.32 bits per heavy atom. The number of nitrogens with one attached hydrogen (secondary N) is 1. The van der Waals surface area contributed by atoms with Crippen molar-refractivity contribution >= 4 is 12.4 Å². The van der Waals surface area contributed by atoms with Crippen molar-refractivity contribution in [3.8, 4) is 0 Å². The summed E-state index contributed by atoms with van der Waals surface area (Å²) in [5, 5.41) is 12.8. The van der Waals surface area contributed by atoms with E-state index in [1.807, 2.05) is 6.92 Å². The zero-order valence-electron chi connectivity index (χ0n) is 17.0. The molecule has 1 aromatic rings. The van der Waals surface area contributed by atoms with E-state index >= 15 is 0 Å². The molecule has 1 aromatic carbocycles. The van der Waals surface area contributed by atoms with Crippen LogP contribution in [0.3, 0.4) is 0 Å². The van der Waals surface area contributed by atoms with Gasteiger partial charge in [0.05, 0.1) is 6.04 Å². The van der Waals surface area contributed by atoms with Gasteiger partial charge in [0.25, 0.3) is 0 Å². The minimum absolute atomic E-state index is 0.00135. The predicted octanol–water partition coefficient (Wildman–Crippen LogP) is 2.69.